The summed E-state index contributed by atoms with van der Waals surface area (Å²) in [5.41, 5.74) is 2.08. The summed E-state index contributed by atoms with van der Waals surface area (Å²) in [7, 11) is 1.43. The van der Waals surface area contributed by atoms with Gasteiger partial charge in [-0.3, -0.25) is 0 Å². The van der Waals surface area contributed by atoms with E-state index in [0.29, 0.717) is 5.25 Å². The fourth-order valence-electron chi connectivity index (χ4n) is 1.79. The third-order valence-electron chi connectivity index (χ3n) is 2.65. The molecule has 0 bridgehead atoms. The molecular formula is C13H14O2S. The SMILES string of the molecule is COC(=O)C1=CCSC(c2ccccc2)C1. The van der Waals surface area contributed by atoms with E-state index in [1.807, 2.05) is 36.0 Å². The van der Waals surface area contributed by atoms with Crippen LogP contribution in [0.5, 0.6) is 0 Å². The molecule has 1 aromatic rings. The van der Waals surface area contributed by atoms with Crippen molar-refractivity contribution in [3.8, 4) is 0 Å². The Kier molecular flexibility index (Phi) is 3.67. The zero-order valence-electron chi connectivity index (χ0n) is 9.18. The van der Waals surface area contributed by atoms with Crippen LogP contribution in [-0.2, 0) is 9.53 Å². The number of hydrogen-bond donors (Lipinski definition) is 0. The fourth-order valence-corrected chi connectivity index (χ4v) is 2.96. The fraction of sp³-hybridized carbons (Fsp3) is 0.308. The van der Waals surface area contributed by atoms with Crippen molar-refractivity contribution in [1.82, 2.24) is 0 Å². The molecule has 1 aliphatic rings. The largest absolute Gasteiger partial charge is 0.466 e. The van der Waals surface area contributed by atoms with E-state index in [9.17, 15) is 4.79 Å². The van der Waals surface area contributed by atoms with Gasteiger partial charge >= 0.3 is 5.97 Å². The maximum absolute atomic E-state index is 11.4. The first kappa shape index (κ1) is 11.3. The van der Waals surface area contributed by atoms with Gasteiger partial charge in [0.05, 0.1) is 7.11 Å². The minimum absolute atomic E-state index is 0.193. The Hall–Kier alpha value is -1.22. The molecule has 1 aliphatic heterocycles. The Morgan fingerprint density at radius 2 is 2.12 bits per heavy atom. The van der Waals surface area contributed by atoms with Crippen LogP contribution < -0.4 is 0 Å². The van der Waals surface area contributed by atoms with Crippen molar-refractivity contribution >= 4 is 17.7 Å². The summed E-state index contributed by atoms with van der Waals surface area (Å²) in [6.45, 7) is 0. The summed E-state index contributed by atoms with van der Waals surface area (Å²) in [5.74, 6) is 0.686. The number of carbonyl (C=O) groups excluding carboxylic acids is 1. The van der Waals surface area contributed by atoms with Crippen LogP contribution in [-0.4, -0.2) is 18.8 Å². The molecule has 1 aromatic carbocycles. The lowest BCUT2D eigenvalue weighted by Gasteiger charge is -2.21. The van der Waals surface area contributed by atoms with Crippen LogP contribution in [0.15, 0.2) is 42.0 Å². The first-order chi connectivity index (χ1) is 7.81. The number of carbonyl (C=O) groups is 1. The van der Waals surface area contributed by atoms with Gasteiger partial charge < -0.3 is 4.74 Å². The van der Waals surface area contributed by atoms with Crippen molar-refractivity contribution in [2.24, 2.45) is 0 Å². The summed E-state index contributed by atoms with van der Waals surface area (Å²) in [4.78, 5) is 11.4. The maximum Gasteiger partial charge on any atom is 0.333 e. The molecule has 1 atom stereocenters. The van der Waals surface area contributed by atoms with E-state index in [1.54, 1.807) is 0 Å². The Bertz CT molecular complexity index is 398. The van der Waals surface area contributed by atoms with Crippen LogP contribution in [0.4, 0.5) is 0 Å². The van der Waals surface area contributed by atoms with Gasteiger partial charge in [-0.05, 0) is 12.0 Å². The molecule has 0 saturated carbocycles. The zero-order chi connectivity index (χ0) is 11.4. The molecule has 3 heteroatoms. The molecule has 16 heavy (non-hydrogen) atoms. The molecule has 0 saturated heterocycles. The van der Waals surface area contributed by atoms with Crippen LogP contribution in [0.1, 0.15) is 17.2 Å². The van der Waals surface area contributed by atoms with E-state index < -0.39 is 0 Å². The van der Waals surface area contributed by atoms with Gasteiger partial charge in [-0.15, -0.1) is 11.8 Å². The third-order valence-corrected chi connectivity index (χ3v) is 3.85. The van der Waals surface area contributed by atoms with Gasteiger partial charge in [0, 0.05) is 16.6 Å². The minimum atomic E-state index is -0.193. The number of methoxy groups -OCH3 is 1. The van der Waals surface area contributed by atoms with E-state index in [-0.39, 0.29) is 5.97 Å². The Balaban J connectivity index is 2.11. The lowest BCUT2D eigenvalue weighted by atomic mass is 10.0. The minimum Gasteiger partial charge on any atom is -0.466 e. The van der Waals surface area contributed by atoms with E-state index in [1.165, 1.54) is 12.7 Å². The Labute approximate surface area is 99.7 Å². The molecule has 0 fully saturated rings. The van der Waals surface area contributed by atoms with E-state index in [0.717, 1.165) is 17.7 Å². The first-order valence-electron chi connectivity index (χ1n) is 5.25. The van der Waals surface area contributed by atoms with Crippen LogP contribution >= 0.6 is 11.8 Å². The summed E-state index contributed by atoms with van der Waals surface area (Å²) < 4.78 is 4.76. The summed E-state index contributed by atoms with van der Waals surface area (Å²) in [5, 5.41) is 0.375. The second-order valence-corrected chi connectivity index (χ2v) is 4.89. The molecule has 0 amide bonds. The van der Waals surface area contributed by atoms with Crippen molar-refractivity contribution in [2.75, 3.05) is 12.9 Å². The predicted octanol–water partition coefficient (Wildman–Crippen LogP) is 2.96. The van der Waals surface area contributed by atoms with Gasteiger partial charge in [0.2, 0.25) is 0 Å². The normalized spacial score (nSPS) is 20.1. The van der Waals surface area contributed by atoms with E-state index in [4.69, 9.17) is 4.74 Å². The predicted molar refractivity (Wildman–Crippen MR) is 66.4 cm³/mol. The monoisotopic (exact) mass is 234 g/mol. The van der Waals surface area contributed by atoms with Crippen molar-refractivity contribution in [1.29, 1.82) is 0 Å². The highest BCUT2D eigenvalue weighted by Gasteiger charge is 2.21. The van der Waals surface area contributed by atoms with Crippen molar-refractivity contribution in [3.05, 3.63) is 47.5 Å². The average molecular weight is 234 g/mol. The highest BCUT2D eigenvalue weighted by Crippen LogP contribution is 2.38. The molecule has 2 nitrogen and oxygen atoms in total. The van der Waals surface area contributed by atoms with Gasteiger partial charge in [-0.25, -0.2) is 4.79 Å². The molecule has 0 aliphatic carbocycles. The summed E-state index contributed by atoms with van der Waals surface area (Å²) in [6.07, 6.45) is 2.73. The molecular weight excluding hydrogens is 220 g/mol. The summed E-state index contributed by atoms with van der Waals surface area (Å²) in [6, 6.07) is 10.3. The lowest BCUT2D eigenvalue weighted by molar-refractivity contribution is -0.136. The molecule has 0 spiro atoms. The van der Waals surface area contributed by atoms with E-state index >= 15 is 0 Å². The van der Waals surface area contributed by atoms with Gasteiger partial charge in [-0.2, -0.15) is 0 Å². The highest BCUT2D eigenvalue weighted by atomic mass is 32.2. The second kappa shape index (κ2) is 5.21. The number of hydrogen-bond acceptors (Lipinski definition) is 3. The smallest absolute Gasteiger partial charge is 0.333 e. The molecule has 1 unspecified atom stereocenters. The molecule has 0 radical (unpaired) electrons. The van der Waals surface area contributed by atoms with Crippen molar-refractivity contribution < 1.29 is 9.53 Å². The number of ether oxygens (including phenoxy) is 1. The highest BCUT2D eigenvalue weighted by molar-refractivity contribution is 7.99. The zero-order valence-corrected chi connectivity index (χ0v) is 10.00. The van der Waals surface area contributed by atoms with Gasteiger partial charge in [0.1, 0.15) is 0 Å². The van der Waals surface area contributed by atoms with E-state index in [2.05, 4.69) is 12.1 Å². The number of benzene rings is 1. The standard InChI is InChI=1S/C13H14O2S/c1-15-13(14)11-7-8-16-12(9-11)10-5-3-2-4-6-10/h2-7,12H,8-9H2,1H3. The van der Waals surface area contributed by atoms with Crippen LogP contribution in [0.3, 0.4) is 0 Å². The second-order valence-electron chi connectivity index (χ2n) is 3.66. The maximum atomic E-state index is 11.4. The average Bonchev–Trinajstić information content (AvgIpc) is 2.39. The third kappa shape index (κ3) is 2.47. The first-order valence-corrected chi connectivity index (χ1v) is 6.30. The van der Waals surface area contributed by atoms with Crippen molar-refractivity contribution in [3.63, 3.8) is 0 Å². The number of thioether (sulfide) groups is 1. The molecule has 0 N–H and O–H groups in total. The molecule has 84 valence electrons. The van der Waals surface area contributed by atoms with Crippen LogP contribution in [0.25, 0.3) is 0 Å². The van der Waals surface area contributed by atoms with Crippen LogP contribution in [0, 0.1) is 0 Å². The van der Waals surface area contributed by atoms with Gasteiger partial charge in [0.15, 0.2) is 0 Å². The van der Waals surface area contributed by atoms with Crippen molar-refractivity contribution in [2.45, 2.75) is 11.7 Å². The summed E-state index contributed by atoms with van der Waals surface area (Å²) >= 11 is 1.86. The Morgan fingerprint density at radius 3 is 2.81 bits per heavy atom. The Morgan fingerprint density at radius 1 is 1.38 bits per heavy atom. The lowest BCUT2D eigenvalue weighted by Crippen LogP contribution is -2.12. The molecule has 0 aromatic heterocycles. The molecule has 1 heterocycles. The topological polar surface area (TPSA) is 26.3 Å². The quantitative estimate of drug-likeness (QED) is 0.736. The van der Waals surface area contributed by atoms with Gasteiger partial charge in [-0.1, -0.05) is 36.4 Å². The number of esters is 1. The van der Waals surface area contributed by atoms with Gasteiger partial charge in [0.25, 0.3) is 0 Å². The number of rotatable bonds is 2. The van der Waals surface area contributed by atoms with Crippen LogP contribution in [0.2, 0.25) is 0 Å². The molecule has 2 rings (SSSR count).